The third kappa shape index (κ3) is 1.96. The second kappa shape index (κ2) is 4.60. The molecule has 0 saturated heterocycles. The molecule has 1 aliphatic rings. The van der Waals surface area contributed by atoms with Crippen LogP contribution in [-0.2, 0) is 0 Å². The highest BCUT2D eigenvalue weighted by Crippen LogP contribution is 2.37. The van der Waals surface area contributed by atoms with Gasteiger partial charge in [0.25, 0.3) is 0 Å². The molecule has 1 fully saturated rings. The molecular formula is C16H19NO. The molecule has 18 heavy (non-hydrogen) atoms. The van der Waals surface area contributed by atoms with Crippen molar-refractivity contribution in [3.8, 4) is 5.75 Å². The summed E-state index contributed by atoms with van der Waals surface area (Å²) >= 11 is 0. The Bertz CT molecular complexity index is 571. The van der Waals surface area contributed by atoms with Crippen molar-refractivity contribution in [2.24, 2.45) is 0 Å². The molecule has 1 aliphatic carbocycles. The molecule has 2 aromatic rings. The molecule has 0 aliphatic heterocycles. The van der Waals surface area contributed by atoms with Crippen LogP contribution in [0.4, 0.5) is 0 Å². The van der Waals surface area contributed by atoms with Gasteiger partial charge < -0.3 is 5.11 Å². The van der Waals surface area contributed by atoms with Gasteiger partial charge in [0.05, 0.1) is 11.2 Å². The van der Waals surface area contributed by atoms with Crippen LogP contribution in [0.25, 0.3) is 10.9 Å². The van der Waals surface area contributed by atoms with E-state index in [1.165, 1.54) is 24.8 Å². The Morgan fingerprint density at radius 3 is 2.72 bits per heavy atom. The molecule has 0 unspecified atom stereocenters. The van der Waals surface area contributed by atoms with E-state index >= 15 is 0 Å². The fraction of sp³-hybridized carbons (Fsp3) is 0.438. The van der Waals surface area contributed by atoms with Gasteiger partial charge in [0.2, 0.25) is 0 Å². The fourth-order valence-corrected chi connectivity index (χ4v) is 3.03. The molecule has 2 nitrogen and oxygen atoms in total. The summed E-state index contributed by atoms with van der Waals surface area (Å²) in [6.45, 7) is 2.08. The van der Waals surface area contributed by atoms with E-state index in [2.05, 4.69) is 13.0 Å². The number of fused-ring (bicyclic) bond motifs is 1. The Labute approximate surface area is 108 Å². The zero-order valence-corrected chi connectivity index (χ0v) is 10.8. The fourth-order valence-electron chi connectivity index (χ4n) is 3.03. The largest absolute Gasteiger partial charge is 0.506 e. The topological polar surface area (TPSA) is 33.1 Å². The minimum Gasteiger partial charge on any atom is -0.506 e. The Morgan fingerprint density at radius 2 is 1.94 bits per heavy atom. The first-order chi connectivity index (χ1) is 8.75. The minimum absolute atomic E-state index is 0.375. The standard InChI is InChI=1S/C16H19NO/c1-11-6-5-9-13-10-14(18)16(17-15(11)13)12-7-3-2-4-8-12/h5-6,9-10,12,18H,2-4,7-8H2,1H3. The summed E-state index contributed by atoms with van der Waals surface area (Å²) in [4.78, 5) is 4.75. The van der Waals surface area contributed by atoms with Crippen molar-refractivity contribution in [1.82, 2.24) is 4.98 Å². The number of hydrogen-bond acceptors (Lipinski definition) is 2. The minimum atomic E-state index is 0.375. The quantitative estimate of drug-likeness (QED) is 0.807. The number of para-hydroxylation sites is 1. The lowest BCUT2D eigenvalue weighted by atomic mass is 9.86. The van der Waals surface area contributed by atoms with Crippen LogP contribution in [0.3, 0.4) is 0 Å². The third-order valence-corrected chi connectivity index (χ3v) is 4.05. The molecule has 0 amide bonds. The lowest BCUT2D eigenvalue weighted by Crippen LogP contribution is -2.07. The molecule has 1 saturated carbocycles. The zero-order valence-electron chi connectivity index (χ0n) is 10.8. The van der Waals surface area contributed by atoms with Crippen molar-refractivity contribution in [3.63, 3.8) is 0 Å². The van der Waals surface area contributed by atoms with Gasteiger partial charge in [0.1, 0.15) is 5.75 Å². The smallest absolute Gasteiger partial charge is 0.138 e. The van der Waals surface area contributed by atoms with E-state index in [-0.39, 0.29) is 0 Å². The zero-order chi connectivity index (χ0) is 12.5. The van der Waals surface area contributed by atoms with Crippen LogP contribution in [0.2, 0.25) is 0 Å². The summed E-state index contributed by atoms with van der Waals surface area (Å²) in [6, 6.07) is 7.98. The Balaban J connectivity index is 2.11. The third-order valence-electron chi connectivity index (χ3n) is 4.05. The molecule has 94 valence electrons. The first-order valence-electron chi connectivity index (χ1n) is 6.85. The molecule has 0 atom stereocenters. The van der Waals surface area contributed by atoms with E-state index in [0.717, 1.165) is 29.4 Å². The van der Waals surface area contributed by atoms with Crippen molar-refractivity contribution in [1.29, 1.82) is 0 Å². The van der Waals surface area contributed by atoms with Crippen LogP contribution in [-0.4, -0.2) is 10.1 Å². The van der Waals surface area contributed by atoms with Gasteiger partial charge in [0, 0.05) is 11.3 Å². The van der Waals surface area contributed by atoms with Crippen molar-refractivity contribution in [2.75, 3.05) is 0 Å². The van der Waals surface area contributed by atoms with Gasteiger partial charge in [-0.05, 0) is 31.4 Å². The number of benzene rings is 1. The van der Waals surface area contributed by atoms with Crippen molar-refractivity contribution >= 4 is 10.9 Å². The van der Waals surface area contributed by atoms with Gasteiger partial charge in [-0.3, -0.25) is 0 Å². The van der Waals surface area contributed by atoms with Gasteiger partial charge in [-0.2, -0.15) is 0 Å². The Kier molecular flexibility index (Phi) is 2.94. The van der Waals surface area contributed by atoms with Gasteiger partial charge in [-0.1, -0.05) is 37.5 Å². The second-order valence-corrected chi connectivity index (χ2v) is 5.37. The number of aryl methyl sites for hydroxylation is 1. The molecule has 3 rings (SSSR count). The van der Waals surface area contributed by atoms with E-state index in [9.17, 15) is 5.11 Å². The summed E-state index contributed by atoms with van der Waals surface area (Å²) in [5, 5.41) is 11.2. The molecular weight excluding hydrogens is 222 g/mol. The molecule has 1 aromatic heterocycles. The molecule has 0 radical (unpaired) electrons. The van der Waals surface area contributed by atoms with Crippen LogP contribution in [0, 0.1) is 6.92 Å². The monoisotopic (exact) mass is 241 g/mol. The van der Waals surface area contributed by atoms with E-state index in [1.54, 1.807) is 0 Å². The van der Waals surface area contributed by atoms with Crippen LogP contribution >= 0.6 is 0 Å². The maximum absolute atomic E-state index is 10.2. The molecule has 0 spiro atoms. The highest BCUT2D eigenvalue weighted by Gasteiger charge is 2.20. The lowest BCUT2D eigenvalue weighted by Gasteiger charge is -2.22. The SMILES string of the molecule is Cc1cccc2cc(O)c(C3CCCCC3)nc12. The highest BCUT2D eigenvalue weighted by molar-refractivity contribution is 5.83. The summed E-state index contributed by atoms with van der Waals surface area (Å²) < 4.78 is 0. The number of aromatic hydroxyl groups is 1. The average molecular weight is 241 g/mol. The van der Waals surface area contributed by atoms with Gasteiger partial charge in [-0.25, -0.2) is 4.98 Å². The lowest BCUT2D eigenvalue weighted by molar-refractivity contribution is 0.407. The Morgan fingerprint density at radius 1 is 1.17 bits per heavy atom. The van der Waals surface area contributed by atoms with Gasteiger partial charge >= 0.3 is 0 Å². The predicted octanol–water partition coefficient (Wildman–Crippen LogP) is 4.30. The van der Waals surface area contributed by atoms with Gasteiger partial charge in [-0.15, -0.1) is 0 Å². The van der Waals surface area contributed by atoms with E-state index < -0.39 is 0 Å². The van der Waals surface area contributed by atoms with Crippen LogP contribution < -0.4 is 0 Å². The Hall–Kier alpha value is -1.57. The van der Waals surface area contributed by atoms with Crippen LogP contribution in [0.5, 0.6) is 5.75 Å². The summed E-state index contributed by atoms with van der Waals surface area (Å²) in [5.41, 5.74) is 3.14. The first-order valence-corrected chi connectivity index (χ1v) is 6.85. The molecule has 1 heterocycles. The highest BCUT2D eigenvalue weighted by atomic mass is 16.3. The number of aromatic nitrogens is 1. The van der Waals surface area contributed by atoms with Crippen LogP contribution in [0.15, 0.2) is 24.3 Å². The number of hydrogen-bond donors (Lipinski definition) is 1. The van der Waals surface area contributed by atoms with Crippen molar-refractivity contribution < 1.29 is 5.11 Å². The first kappa shape index (κ1) is 11.5. The maximum Gasteiger partial charge on any atom is 0.138 e. The van der Waals surface area contributed by atoms with Crippen LogP contribution in [0.1, 0.15) is 49.3 Å². The van der Waals surface area contributed by atoms with Crippen molar-refractivity contribution in [2.45, 2.75) is 44.9 Å². The second-order valence-electron chi connectivity index (χ2n) is 5.37. The van der Waals surface area contributed by atoms with E-state index in [1.807, 2.05) is 18.2 Å². The maximum atomic E-state index is 10.2. The average Bonchev–Trinajstić information content (AvgIpc) is 2.39. The van der Waals surface area contributed by atoms with Crippen molar-refractivity contribution in [3.05, 3.63) is 35.5 Å². The molecule has 1 N–H and O–H groups in total. The summed E-state index contributed by atoms with van der Waals surface area (Å²) in [5.74, 6) is 0.822. The predicted molar refractivity (Wildman–Crippen MR) is 74.0 cm³/mol. The summed E-state index contributed by atoms with van der Waals surface area (Å²) in [6.07, 6.45) is 6.18. The number of nitrogens with zero attached hydrogens (tertiary/aromatic N) is 1. The molecule has 0 bridgehead atoms. The molecule has 2 heteroatoms. The summed E-state index contributed by atoms with van der Waals surface area (Å²) in [7, 11) is 0. The number of rotatable bonds is 1. The van der Waals surface area contributed by atoms with E-state index in [4.69, 9.17) is 4.98 Å². The van der Waals surface area contributed by atoms with E-state index in [0.29, 0.717) is 11.7 Å². The van der Waals surface area contributed by atoms with Gasteiger partial charge in [0.15, 0.2) is 0 Å². The normalized spacial score (nSPS) is 17.2. The molecule has 1 aromatic carbocycles. The number of pyridine rings is 1.